The van der Waals surface area contributed by atoms with Crippen molar-refractivity contribution in [2.24, 2.45) is 0 Å². The Morgan fingerprint density at radius 1 is 1.44 bits per heavy atom. The van der Waals surface area contributed by atoms with Gasteiger partial charge in [0.25, 0.3) is 0 Å². The van der Waals surface area contributed by atoms with Gasteiger partial charge in [0.15, 0.2) is 0 Å². The van der Waals surface area contributed by atoms with Gasteiger partial charge in [-0.05, 0) is 44.2 Å². The van der Waals surface area contributed by atoms with Crippen LogP contribution < -0.4 is 4.90 Å². The van der Waals surface area contributed by atoms with E-state index in [4.69, 9.17) is 5.11 Å². The first-order valence-electron chi connectivity index (χ1n) is 6.74. The van der Waals surface area contributed by atoms with Crippen LogP contribution in [0.1, 0.15) is 44.3 Å². The van der Waals surface area contributed by atoms with E-state index in [9.17, 15) is 5.11 Å². The van der Waals surface area contributed by atoms with Crippen molar-refractivity contribution in [1.29, 1.82) is 0 Å². The third-order valence-corrected chi connectivity index (χ3v) is 3.62. The molecule has 0 aliphatic heterocycles. The van der Waals surface area contributed by atoms with Crippen LogP contribution in [-0.2, 0) is 0 Å². The molecule has 2 N–H and O–H groups in total. The van der Waals surface area contributed by atoms with Gasteiger partial charge in [-0.3, -0.25) is 0 Å². The van der Waals surface area contributed by atoms with Gasteiger partial charge in [0, 0.05) is 25.4 Å². The number of pyridine rings is 1. The monoisotopic (exact) mass is 250 g/mol. The van der Waals surface area contributed by atoms with E-state index in [0.717, 1.165) is 24.3 Å². The second-order valence-corrected chi connectivity index (χ2v) is 4.98. The number of aliphatic hydroxyl groups is 2. The number of nitrogens with zero attached hydrogens (tertiary/aromatic N) is 2. The summed E-state index contributed by atoms with van der Waals surface area (Å²) in [5, 5.41) is 18.4. The Kier molecular flexibility index (Phi) is 4.55. The second kappa shape index (κ2) is 6.16. The molecule has 0 spiro atoms. The van der Waals surface area contributed by atoms with Gasteiger partial charge < -0.3 is 15.1 Å². The lowest BCUT2D eigenvalue weighted by atomic mass is 9.91. The number of aromatic nitrogens is 1. The molecule has 1 heterocycles. The largest absolute Gasteiger partial charge is 0.396 e. The summed E-state index contributed by atoms with van der Waals surface area (Å²) in [6.07, 6.45) is 5.75. The van der Waals surface area contributed by atoms with Gasteiger partial charge in [-0.1, -0.05) is 6.07 Å². The molecule has 1 atom stereocenters. The highest BCUT2D eigenvalue weighted by atomic mass is 16.3. The lowest BCUT2D eigenvalue weighted by Gasteiger charge is -2.38. The molecule has 1 aliphatic rings. The van der Waals surface area contributed by atoms with Crippen molar-refractivity contribution in [1.82, 2.24) is 4.98 Å². The number of rotatable bonds is 6. The molecule has 1 aromatic heterocycles. The highest BCUT2D eigenvalue weighted by Gasteiger charge is 2.25. The summed E-state index contributed by atoms with van der Waals surface area (Å²) in [7, 11) is 0. The van der Waals surface area contributed by atoms with Crippen LogP contribution in [0, 0.1) is 0 Å². The van der Waals surface area contributed by atoms with Crippen molar-refractivity contribution < 1.29 is 10.2 Å². The smallest absolute Gasteiger partial charge is 0.128 e. The number of hydrogen-bond donors (Lipinski definition) is 2. The van der Waals surface area contributed by atoms with Crippen LogP contribution in [0.4, 0.5) is 5.82 Å². The highest BCUT2D eigenvalue weighted by molar-refractivity contribution is 5.41. The molecule has 0 amide bonds. The third-order valence-electron chi connectivity index (χ3n) is 3.62. The second-order valence-electron chi connectivity index (χ2n) is 4.98. The summed E-state index contributed by atoms with van der Waals surface area (Å²) in [5.74, 6) is 0.956. The molecule has 1 aromatic rings. The van der Waals surface area contributed by atoms with E-state index in [1.807, 2.05) is 12.1 Å². The Morgan fingerprint density at radius 3 is 2.67 bits per heavy atom. The molecule has 0 aromatic carbocycles. The molecule has 0 saturated heterocycles. The van der Waals surface area contributed by atoms with Crippen LogP contribution in [0.15, 0.2) is 18.3 Å². The molecule has 0 radical (unpaired) electrons. The molecule has 1 fully saturated rings. The van der Waals surface area contributed by atoms with E-state index >= 15 is 0 Å². The quantitative estimate of drug-likeness (QED) is 0.809. The SMILES string of the molecule is CC(O)c1ccc(N(CCCO)C2CCC2)nc1. The van der Waals surface area contributed by atoms with E-state index in [1.54, 1.807) is 13.1 Å². The molecule has 1 saturated carbocycles. The maximum absolute atomic E-state index is 9.47. The van der Waals surface area contributed by atoms with Gasteiger partial charge in [0.1, 0.15) is 5.82 Å². The normalized spacial score (nSPS) is 17.3. The van der Waals surface area contributed by atoms with Crippen molar-refractivity contribution in [3.05, 3.63) is 23.9 Å². The van der Waals surface area contributed by atoms with Crippen LogP contribution in [0.3, 0.4) is 0 Å². The van der Waals surface area contributed by atoms with Crippen LogP contribution in [0.2, 0.25) is 0 Å². The molecule has 4 heteroatoms. The third kappa shape index (κ3) is 3.00. The summed E-state index contributed by atoms with van der Waals surface area (Å²) >= 11 is 0. The minimum absolute atomic E-state index is 0.217. The van der Waals surface area contributed by atoms with E-state index in [-0.39, 0.29) is 6.61 Å². The van der Waals surface area contributed by atoms with Crippen molar-refractivity contribution >= 4 is 5.82 Å². The maximum Gasteiger partial charge on any atom is 0.128 e. The summed E-state index contributed by atoms with van der Waals surface area (Å²) in [4.78, 5) is 6.72. The first-order chi connectivity index (χ1) is 8.72. The average molecular weight is 250 g/mol. The maximum atomic E-state index is 9.47. The zero-order valence-electron chi connectivity index (χ0n) is 10.9. The van der Waals surface area contributed by atoms with Crippen molar-refractivity contribution in [2.45, 2.75) is 44.8 Å². The Morgan fingerprint density at radius 2 is 2.22 bits per heavy atom. The van der Waals surface area contributed by atoms with Gasteiger partial charge >= 0.3 is 0 Å². The Bertz CT molecular complexity index is 361. The number of anilines is 1. The highest BCUT2D eigenvalue weighted by Crippen LogP contribution is 2.29. The van der Waals surface area contributed by atoms with Crippen molar-refractivity contribution in [3.8, 4) is 0 Å². The molecule has 1 unspecified atom stereocenters. The standard InChI is InChI=1S/C14H22N2O2/c1-11(18)12-6-7-14(15-10-12)16(8-3-9-17)13-4-2-5-13/h6-7,10-11,13,17-18H,2-5,8-9H2,1H3. The van der Waals surface area contributed by atoms with E-state index < -0.39 is 6.10 Å². The first-order valence-corrected chi connectivity index (χ1v) is 6.74. The lowest BCUT2D eigenvalue weighted by molar-refractivity contribution is 0.199. The first kappa shape index (κ1) is 13.3. The van der Waals surface area contributed by atoms with Gasteiger partial charge in [-0.15, -0.1) is 0 Å². The zero-order chi connectivity index (χ0) is 13.0. The number of hydrogen-bond acceptors (Lipinski definition) is 4. The van der Waals surface area contributed by atoms with Crippen molar-refractivity contribution in [2.75, 3.05) is 18.1 Å². The summed E-state index contributed by atoms with van der Waals surface area (Å²) in [6.45, 7) is 2.81. The van der Waals surface area contributed by atoms with Crippen molar-refractivity contribution in [3.63, 3.8) is 0 Å². The Balaban J connectivity index is 2.08. The van der Waals surface area contributed by atoms with Gasteiger partial charge in [-0.2, -0.15) is 0 Å². The van der Waals surface area contributed by atoms with E-state index in [1.165, 1.54) is 19.3 Å². The van der Waals surface area contributed by atoms with Crippen LogP contribution in [0.25, 0.3) is 0 Å². The minimum Gasteiger partial charge on any atom is -0.396 e. The fraction of sp³-hybridized carbons (Fsp3) is 0.643. The summed E-state index contributed by atoms with van der Waals surface area (Å²) in [6, 6.07) is 4.47. The molecule has 18 heavy (non-hydrogen) atoms. The Labute approximate surface area is 108 Å². The van der Waals surface area contributed by atoms with Crippen LogP contribution in [0.5, 0.6) is 0 Å². The predicted molar refractivity (Wildman–Crippen MR) is 71.6 cm³/mol. The van der Waals surface area contributed by atoms with Gasteiger partial charge in [0.05, 0.1) is 6.10 Å². The van der Waals surface area contributed by atoms with Gasteiger partial charge in [-0.25, -0.2) is 4.98 Å². The molecule has 2 rings (SSSR count). The lowest BCUT2D eigenvalue weighted by Crippen LogP contribution is -2.41. The molecule has 4 nitrogen and oxygen atoms in total. The molecular weight excluding hydrogens is 228 g/mol. The van der Waals surface area contributed by atoms with Gasteiger partial charge in [0.2, 0.25) is 0 Å². The molecule has 1 aliphatic carbocycles. The summed E-state index contributed by atoms with van der Waals surface area (Å²) < 4.78 is 0. The van der Waals surface area contributed by atoms with E-state index in [2.05, 4.69) is 9.88 Å². The topological polar surface area (TPSA) is 56.6 Å². The fourth-order valence-corrected chi connectivity index (χ4v) is 2.24. The molecular formula is C14H22N2O2. The average Bonchev–Trinajstić information content (AvgIpc) is 2.32. The zero-order valence-corrected chi connectivity index (χ0v) is 10.9. The minimum atomic E-state index is -0.471. The van der Waals surface area contributed by atoms with Crippen LogP contribution in [-0.4, -0.2) is 34.4 Å². The molecule has 100 valence electrons. The van der Waals surface area contributed by atoms with E-state index in [0.29, 0.717) is 6.04 Å². The van der Waals surface area contributed by atoms with Crippen LogP contribution >= 0.6 is 0 Å². The number of aliphatic hydroxyl groups excluding tert-OH is 2. The summed E-state index contributed by atoms with van der Waals surface area (Å²) in [5.41, 5.74) is 0.842. The Hall–Kier alpha value is -1.13. The molecule has 0 bridgehead atoms. The predicted octanol–water partition coefficient (Wildman–Crippen LogP) is 1.88. The fourth-order valence-electron chi connectivity index (χ4n) is 2.24.